The van der Waals surface area contributed by atoms with Crippen molar-refractivity contribution in [3.63, 3.8) is 0 Å². The molecule has 88 valence electrons. The first-order valence-electron chi connectivity index (χ1n) is 5.30. The van der Waals surface area contributed by atoms with Crippen LogP contribution < -0.4 is 0 Å². The van der Waals surface area contributed by atoms with E-state index in [9.17, 15) is 13.2 Å². The number of halogens is 3. The van der Waals surface area contributed by atoms with Crippen molar-refractivity contribution < 1.29 is 18.3 Å². The van der Waals surface area contributed by atoms with Crippen molar-refractivity contribution in [3.05, 3.63) is 35.4 Å². The van der Waals surface area contributed by atoms with Gasteiger partial charge >= 0.3 is 6.18 Å². The van der Waals surface area contributed by atoms with E-state index in [1.165, 1.54) is 12.1 Å². The molecule has 1 aliphatic rings. The minimum Gasteiger partial charge on any atom is -0.396 e. The summed E-state index contributed by atoms with van der Waals surface area (Å²) in [7, 11) is 0. The maximum Gasteiger partial charge on any atom is 0.416 e. The summed E-state index contributed by atoms with van der Waals surface area (Å²) in [6, 6.07) is 5.43. The van der Waals surface area contributed by atoms with Gasteiger partial charge in [0.2, 0.25) is 0 Å². The highest BCUT2D eigenvalue weighted by Crippen LogP contribution is 2.43. The van der Waals surface area contributed by atoms with Crippen LogP contribution in [-0.2, 0) is 6.18 Å². The summed E-state index contributed by atoms with van der Waals surface area (Å²) in [5.41, 5.74) is 0.0914. The molecule has 0 amide bonds. The maximum absolute atomic E-state index is 12.5. The predicted octanol–water partition coefficient (Wildman–Crippen LogP) is 3.19. The zero-order valence-electron chi connectivity index (χ0n) is 8.67. The van der Waals surface area contributed by atoms with Crippen LogP contribution in [0.4, 0.5) is 13.2 Å². The lowest BCUT2D eigenvalue weighted by Gasteiger charge is -2.36. The van der Waals surface area contributed by atoms with Crippen LogP contribution in [0.15, 0.2) is 24.3 Å². The van der Waals surface area contributed by atoms with Gasteiger partial charge in [-0.05, 0) is 36.3 Å². The van der Waals surface area contributed by atoms with Crippen LogP contribution in [0.3, 0.4) is 0 Å². The third kappa shape index (κ3) is 2.07. The van der Waals surface area contributed by atoms with Crippen molar-refractivity contribution >= 4 is 0 Å². The number of alkyl halides is 3. The molecular formula is C12H13F3O. The Morgan fingerprint density at radius 3 is 2.50 bits per heavy atom. The van der Waals surface area contributed by atoms with E-state index in [2.05, 4.69) is 0 Å². The molecule has 1 aromatic carbocycles. The van der Waals surface area contributed by atoms with E-state index in [0.29, 0.717) is 5.56 Å². The highest BCUT2D eigenvalue weighted by Gasteiger charge is 2.34. The first kappa shape index (κ1) is 11.5. The van der Waals surface area contributed by atoms with Gasteiger partial charge in [0.1, 0.15) is 0 Å². The summed E-state index contributed by atoms with van der Waals surface area (Å²) in [6.07, 6.45) is -2.52. The molecule has 1 aliphatic carbocycles. The van der Waals surface area contributed by atoms with E-state index in [4.69, 9.17) is 5.11 Å². The minimum atomic E-state index is -4.28. The van der Waals surface area contributed by atoms with Crippen molar-refractivity contribution in [2.75, 3.05) is 6.61 Å². The summed E-state index contributed by atoms with van der Waals surface area (Å²) in [4.78, 5) is 0. The van der Waals surface area contributed by atoms with Crippen LogP contribution in [0.5, 0.6) is 0 Å². The Morgan fingerprint density at radius 2 is 2.00 bits per heavy atom. The van der Waals surface area contributed by atoms with Gasteiger partial charge in [0.15, 0.2) is 0 Å². The van der Waals surface area contributed by atoms with E-state index < -0.39 is 11.7 Å². The van der Waals surface area contributed by atoms with Gasteiger partial charge in [-0.2, -0.15) is 13.2 Å². The molecule has 2 unspecified atom stereocenters. The third-order valence-electron chi connectivity index (χ3n) is 3.29. The SMILES string of the molecule is OCC1CCC1c1cccc(C(F)(F)F)c1. The summed E-state index contributed by atoms with van der Waals surface area (Å²) < 4.78 is 37.4. The second-order valence-corrected chi connectivity index (χ2v) is 4.25. The standard InChI is InChI=1S/C12H13F3O/c13-12(14,15)10-3-1-2-8(6-10)11-5-4-9(11)7-16/h1-3,6,9,11,16H,4-5,7H2. The van der Waals surface area contributed by atoms with Crippen LogP contribution >= 0.6 is 0 Å². The maximum atomic E-state index is 12.5. The molecule has 0 aromatic heterocycles. The van der Waals surface area contributed by atoms with Gasteiger partial charge in [-0.1, -0.05) is 18.2 Å². The summed E-state index contributed by atoms with van der Waals surface area (Å²) in [5, 5.41) is 9.02. The van der Waals surface area contributed by atoms with Gasteiger partial charge in [-0.15, -0.1) is 0 Å². The third-order valence-corrected chi connectivity index (χ3v) is 3.29. The molecule has 1 nitrogen and oxygen atoms in total. The first-order chi connectivity index (χ1) is 7.52. The molecular weight excluding hydrogens is 217 g/mol. The quantitative estimate of drug-likeness (QED) is 0.827. The normalized spacial score (nSPS) is 25.2. The molecule has 1 aromatic rings. The Kier molecular flexibility index (Phi) is 2.93. The lowest BCUT2D eigenvalue weighted by Crippen LogP contribution is -2.27. The minimum absolute atomic E-state index is 0.0565. The van der Waals surface area contributed by atoms with Gasteiger partial charge in [0.05, 0.1) is 5.56 Å². The fraction of sp³-hybridized carbons (Fsp3) is 0.500. The molecule has 2 rings (SSSR count). The second kappa shape index (κ2) is 4.09. The smallest absolute Gasteiger partial charge is 0.396 e. The zero-order valence-corrected chi connectivity index (χ0v) is 8.67. The van der Waals surface area contributed by atoms with E-state index in [0.717, 1.165) is 18.9 Å². The Bertz CT molecular complexity index is 371. The molecule has 0 heterocycles. The summed E-state index contributed by atoms with van der Waals surface area (Å²) in [5.74, 6) is 0.218. The number of aliphatic hydroxyl groups excluding tert-OH is 1. The molecule has 0 spiro atoms. The van der Waals surface area contributed by atoms with Crippen LogP contribution in [0.25, 0.3) is 0 Å². The molecule has 0 radical (unpaired) electrons. The van der Waals surface area contributed by atoms with E-state index in [1.807, 2.05) is 0 Å². The molecule has 16 heavy (non-hydrogen) atoms. The van der Waals surface area contributed by atoms with Crippen LogP contribution in [0.1, 0.15) is 29.9 Å². The highest BCUT2D eigenvalue weighted by atomic mass is 19.4. The Hall–Kier alpha value is -1.03. The van der Waals surface area contributed by atoms with Gasteiger partial charge in [0, 0.05) is 6.61 Å². The van der Waals surface area contributed by atoms with Crippen LogP contribution in [0.2, 0.25) is 0 Å². The van der Waals surface area contributed by atoms with E-state index in [-0.39, 0.29) is 18.4 Å². The van der Waals surface area contributed by atoms with Gasteiger partial charge in [-0.25, -0.2) is 0 Å². The molecule has 1 saturated carbocycles. The average Bonchev–Trinajstić information content (AvgIpc) is 2.16. The number of hydrogen-bond acceptors (Lipinski definition) is 1. The molecule has 2 atom stereocenters. The average molecular weight is 230 g/mol. The summed E-state index contributed by atoms with van der Waals surface area (Å²) in [6.45, 7) is 0.0565. The van der Waals surface area contributed by atoms with Crippen molar-refractivity contribution in [1.29, 1.82) is 0 Å². The van der Waals surface area contributed by atoms with Crippen molar-refractivity contribution in [1.82, 2.24) is 0 Å². The number of rotatable bonds is 2. The topological polar surface area (TPSA) is 20.2 Å². The Balaban J connectivity index is 2.23. The lowest BCUT2D eigenvalue weighted by molar-refractivity contribution is -0.137. The molecule has 0 saturated heterocycles. The van der Waals surface area contributed by atoms with Crippen molar-refractivity contribution in [3.8, 4) is 0 Å². The first-order valence-corrected chi connectivity index (χ1v) is 5.30. The van der Waals surface area contributed by atoms with Crippen molar-refractivity contribution in [2.45, 2.75) is 24.9 Å². The molecule has 0 aliphatic heterocycles. The van der Waals surface area contributed by atoms with Crippen LogP contribution in [0, 0.1) is 5.92 Å². The fourth-order valence-electron chi connectivity index (χ4n) is 2.17. The highest BCUT2D eigenvalue weighted by molar-refractivity contribution is 5.30. The zero-order chi connectivity index (χ0) is 11.8. The Morgan fingerprint density at radius 1 is 1.25 bits per heavy atom. The molecule has 1 fully saturated rings. The Labute approximate surface area is 91.9 Å². The van der Waals surface area contributed by atoms with Gasteiger partial charge in [-0.3, -0.25) is 0 Å². The molecule has 0 bridgehead atoms. The predicted molar refractivity (Wildman–Crippen MR) is 54.0 cm³/mol. The molecule has 1 N–H and O–H groups in total. The van der Waals surface area contributed by atoms with Gasteiger partial charge < -0.3 is 5.11 Å². The second-order valence-electron chi connectivity index (χ2n) is 4.25. The van der Waals surface area contributed by atoms with Crippen LogP contribution in [-0.4, -0.2) is 11.7 Å². The van der Waals surface area contributed by atoms with Gasteiger partial charge in [0.25, 0.3) is 0 Å². The monoisotopic (exact) mass is 230 g/mol. The van der Waals surface area contributed by atoms with E-state index in [1.54, 1.807) is 6.07 Å². The summed E-state index contributed by atoms with van der Waals surface area (Å²) >= 11 is 0. The lowest BCUT2D eigenvalue weighted by atomic mass is 9.70. The van der Waals surface area contributed by atoms with E-state index >= 15 is 0 Å². The number of hydrogen-bond donors (Lipinski definition) is 1. The van der Waals surface area contributed by atoms with Crippen molar-refractivity contribution in [2.24, 2.45) is 5.92 Å². The number of benzene rings is 1. The fourth-order valence-corrected chi connectivity index (χ4v) is 2.17. The number of aliphatic hydroxyl groups is 1. The largest absolute Gasteiger partial charge is 0.416 e. The molecule has 4 heteroatoms.